The number of benzene rings is 1. The Labute approximate surface area is 151 Å². The van der Waals surface area contributed by atoms with Crippen molar-refractivity contribution in [2.75, 3.05) is 0 Å². The molecule has 2 atom stereocenters. The van der Waals surface area contributed by atoms with Gasteiger partial charge in [0.2, 0.25) is 5.95 Å². The molecule has 1 heterocycles. The molecule has 0 bridgehead atoms. The summed E-state index contributed by atoms with van der Waals surface area (Å²) in [6.07, 6.45) is 0.656. The van der Waals surface area contributed by atoms with E-state index in [1.54, 1.807) is 27.7 Å². The van der Waals surface area contributed by atoms with E-state index >= 15 is 0 Å². The molecule has 3 N–H and O–H groups in total. The summed E-state index contributed by atoms with van der Waals surface area (Å²) in [5.74, 6) is -1.07. The lowest BCUT2D eigenvalue weighted by molar-refractivity contribution is 0.0490. The number of pyridine rings is 1. The maximum Gasteiger partial charge on any atom is 0.407 e. The van der Waals surface area contributed by atoms with Crippen LogP contribution in [-0.4, -0.2) is 22.7 Å². The maximum atomic E-state index is 13.3. The summed E-state index contributed by atoms with van der Waals surface area (Å²) in [4.78, 5) is 15.8. The van der Waals surface area contributed by atoms with E-state index in [0.717, 1.165) is 0 Å². The fraction of sp³-hybridized carbons (Fsp3) is 0.368. The fourth-order valence-electron chi connectivity index (χ4n) is 2.61. The molecule has 1 aromatic heterocycles. The molecule has 140 valence electrons. The van der Waals surface area contributed by atoms with Gasteiger partial charge < -0.3 is 15.8 Å². The number of alkyl carbamates (subject to hydrolysis) is 1. The number of carbonyl (C=O) groups excluding carboxylic acids is 1. The molecule has 0 spiro atoms. The van der Waals surface area contributed by atoms with Crippen molar-refractivity contribution in [3.8, 4) is 0 Å². The number of nitrogens with one attached hydrogen (secondary N) is 1. The number of ether oxygens (including phenoxy) is 1. The number of hydrogen-bond donors (Lipinski definition) is 2. The van der Waals surface area contributed by atoms with Crippen molar-refractivity contribution in [2.24, 2.45) is 5.73 Å². The Morgan fingerprint density at radius 2 is 1.69 bits per heavy atom. The van der Waals surface area contributed by atoms with E-state index in [1.165, 1.54) is 42.6 Å². The van der Waals surface area contributed by atoms with E-state index in [9.17, 15) is 13.6 Å². The zero-order valence-corrected chi connectivity index (χ0v) is 15.2. The Morgan fingerprint density at radius 1 is 1.12 bits per heavy atom. The van der Waals surface area contributed by atoms with Gasteiger partial charge >= 0.3 is 6.09 Å². The van der Waals surface area contributed by atoms with Crippen molar-refractivity contribution in [3.63, 3.8) is 0 Å². The van der Waals surface area contributed by atoms with E-state index in [-0.39, 0.29) is 0 Å². The molecule has 2 rings (SSSR count). The minimum absolute atomic E-state index is 0.416. The highest BCUT2D eigenvalue weighted by molar-refractivity contribution is 5.68. The molecule has 0 radical (unpaired) electrons. The number of aromatic nitrogens is 1. The zero-order chi connectivity index (χ0) is 19.5. The molecular weight excluding hydrogens is 340 g/mol. The maximum absolute atomic E-state index is 13.3. The van der Waals surface area contributed by atoms with Crippen LogP contribution in [-0.2, 0) is 10.3 Å². The Balaban J connectivity index is 2.41. The summed E-state index contributed by atoms with van der Waals surface area (Å²) in [5, 5.41) is 2.70. The van der Waals surface area contributed by atoms with Crippen molar-refractivity contribution in [1.82, 2.24) is 10.3 Å². The minimum atomic E-state index is -1.27. The lowest BCUT2D eigenvalue weighted by atomic mass is 9.79. The van der Waals surface area contributed by atoms with E-state index in [1.807, 2.05) is 0 Å². The van der Waals surface area contributed by atoms with Gasteiger partial charge in [0.25, 0.3) is 0 Å². The van der Waals surface area contributed by atoms with Crippen LogP contribution in [0.5, 0.6) is 0 Å². The van der Waals surface area contributed by atoms with Gasteiger partial charge in [0.1, 0.15) is 11.4 Å². The van der Waals surface area contributed by atoms with Gasteiger partial charge in [0, 0.05) is 6.20 Å². The number of hydrogen-bond acceptors (Lipinski definition) is 4. The smallest absolute Gasteiger partial charge is 0.407 e. The Bertz CT molecular complexity index is 710. The first kappa shape index (κ1) is 19.8. The lowest BCUT2D eigenvalue weighted by Crippen LogP contribution is -2.56. The first-order chi connectivity index (χ1) is 12.0. The monoisotopic (exact) mass is 363 g/mol. The average Bonchev–Trinajstić information content (AvgIpc) is 2.53. The molecule has 26 heavy (non-hydrogen) atoms. The molecule has 0 fully saturated rings. The van der Waals surface area contributed by atoms with Crippen LogP contribution in [0.1, 0.15) is 38.8 Å². The number of carbonyl (C=O) groups is 1. The van der Waals surface area contributed by atoms with Gasteiger partial charge in [-0.25, -0.2) is 14.2 Å². The summed E-state index contributed by atoms with van der Waals surface area (Å²) < 4.78 is 31.8. The van der Waals surface area contributed by atoms with Crippen molar-refractivity contribution in [3.05, 3.63) is 65.5 Å². The third-order valence-electron chi connectivity index (χ3n) is 3.94. The largest absolute Gasteiger partial charge is 0.444 e. The number of nitrogens with two attached hydrogens (primary N) is 1. The van der Waals surface area contributed by atoms with Gasteiger partial charge in [-0.2, -0.15) is 4.39 Å². The zero-order valence-electron chi connectivity index (χ0n) is 15.2. The van der Waals surface area contributed by atoms with Gasteiger partial charge in [0.15, 0.2) is 0 Å². The Morgan fingerprint density at radius 3 is 2.19 bits per heavy atom. The van der Waals surface area contributed by atoms with Gasteiger partial charge in [-0.15, -0.1) is 0 Å². The molecule has 0 saturated carbocycles. The van der Waals surface area contributed by atoms with Crippen molar-refractivity contribution in [2.45, 2.75) is 44.9 Å². The summed E-state index contributed by atoms with van der Waals surface area (Å²) >= 11 is 0. The molecule has 0 saturated heterocycles. The van der Waals surface area contributed by atoms with Crippen molar-refractivity contribution >= 4 is 6.09 Å². The first-order valence-corrected chi connectivity index (χ1v) is 8.19. The van der Waals surface area contributed by atoms with Gasteiger partial charge in [-0.3, -0.25) is 0 Å². The highest BCUT2D eigenvalue weighted by Gasteiger charge is 2.38. The second-order valence-corrected chi connectivity index (χ2v) is 7.11. The second kappa shape index (κ2) is 7.37. The van der Waals surface area contributed by atoms with Crippen LogP contribution >= 0.6 is 0 Å². The lowest BCUT2D eigenvalue weighted by Gasteiger charge is -2.37. The Hall–Kier alpha value is -2.54. The van der Waals surface area contributed by atoms with Crippen LogP contribution in [0.3, 0.4) is 0 Å². The van der Waals surface area contributed by atoms with Crippen molar-refractivity contribution < 1.29 is 18.3 Å². The molecular formula is C19H23F2N3O2. The molecule has 1 amide bonds. The average molecular weight is 363 g/mol. The summed E-state index contributed by atoms with van der Waals surface area (Å²) in [7, 11) is 0. The number of halogens is 2. The van der Waals surface area contributed by atoms with E-state index in [0.29, 0.717) is 11.1 Å². The topological polar surface area (TPSA) is 77.2 Å². The van der Waals surface area contributed by atoms with E-state index < -0.39 is 35.0 Å². The molecule has 0 aliphatic heterocycles. The summed E-state index contributed by atoms with van der Waals surface area (Å²) in [5.41, 5.74) is 5.70. The van der Waals surface area contributed by atoms with Crippen molar-refractivity contribution in [1.29, 1.82) is 0 Å². The molecule has 1 aromatic carbocycles. The predicted molar refractivity (Wildman–Crippen MR) is 94.4 cm³/mol. The number of nitrogens with zero attached hydrogens (tertiary/aromatic N) is 1. The van der Waals surface area contributed by atoms with E-state index in [4.69, 9.17) is 10.5 Å². The first-order valence-electron chi connectivity index (χ1n) is 8.19. The van der Waals surface area contributed by atoms with Crippen LogP contribution in [0, 0.1) is 11.8 Å². The Kier molecular flexibility index (Phi) is 5.61. The molecule has 0 unspecified atom stereocenters. The SMILES string of the molecule is C[C@H](NC(=O)OC(C)(C)C)[C@](N)(c1ccc(F)cc1)c1ccc(F)nc1. The number of amides is 1. The van der Waals surface area contributed by atoms with Gasteiger partial charge in [-0.05, 0) is 57.0 Å². The van der Waals surface area contributed by atoms with Crippen LogP contribution in [0.2, 0.25) is 0 Å². The van der Waals surface area contributed by atoms with Crippen LogP contribution < -0.4 is 11.1 Å². The molecule has 2 aromatic rings. The molecule has 7 heteroatoms. The molecule has 0 aliphatic rings. The highest BCUT2D eigenvalue weighted by atomic mass is 19.1. The summed E-state index contributed by atoms with van der Waals surface area (Å²) in [6, 6.07) is 7.59. The highest BCUT2D eigenvalue weighted by Crippen LogP contribution is 2.30. The van der Waals surface area contributed by atoms with Crippen LogP contribution in [0.15, 0.2) is 42.6 Å². The second-order valence-electron chi connectivity index (χ2n) is 7.11. The van der Waals surface area contributed by atoms with Crippen LogP contribution in [0.25, 0.3) is 0 Å². The molecule has 5 nitrogen and oxygen atoms in total. The normalized spacial score (nSPS) is 15.0. The third-order valence-corrected chi connectivity index (χ3v) is 3.94. The van der Waals surface area contributed by atoms with Crippen LogP contribution in [0.4, 0.5) is 13.6 Å². The van der Waals surface area contributed by atoms with Gasteiger partial charge in [0.05, 0.1) is 11.6 Å². The third kappa shape index (κ3) is 4.54. The van der Waals surface area contributed by atoms with E-state index in [2.05, 4.69) is 10.3 Å². The minimum Gasteiger partial charge on any atom is -0.444 e. The van der Waals surface area contributed by atoms with Gasteiger partial charge in [-0.1, -0.05) is 18.2 Å². The number of rotatable bonds is 4. The predicted octanol–water partition coefficient (Wildman–Crippen LogP) is 3.48. The molecule has 0 aliphatic carbocycles. The standard InChI is InChI=1S/C19H23F2N3O2/c1-12(24-17(25)26-18(2,3)4)19(22,13-5-8-15(20)9-6-13)14-7-10-16(21)23-11-14/h5-12H,22H2,1-4H3,(H,24,25)/t12-,19-/m0/s1. The quantitative estimate of drug-likeness (QED) is 0.816. The fourth-order valence-corrected chi connectivity index (χ4v) is 2.61. The summed E-state index contributed by atoms with van der Waals surface area (Å²) in [6.45, 7) is 6.93.